The third-order valence-electron chi connectivity index (χ3n) is 6.46. The maximum atomic E-state index is 12.9. The Morgan fingerprint density at radius 3 is 2.58 bits per heavy atom. The summed E-state index contributed by atoms with van der Waals surface area (Å²) in [5.41, 5.74) is 2.20. The van der Waals surface area contributed by atoms with Crippen molar-refractivity contribution in [2.24, 2.45) is 0 Å². The summed E-state index contributed by atoms with van der Waals surface area (Å²) in [7, 11) is -1.34. The van der Waals surface area contributed by atoms with Crippen LogP contribution in [0.3, 0.4) is 0 Å². The van der Waals surface area contributed by atoms with Gasteiger partial charge in [-0.05, 0) is 69.1 Å². The number of hydrogen-bond donors (Lipinski definition) is 2. The molecule has 0 aromatic heterocycles. The van der Waals surface area contributed by atoms with Crippen LogP contribution in [-0.2, 0) is 9.84 Å². The average molecular weight is 508 g/mol. The van der Waals surface area contributed by atoms with Crippen LogP contribution in [0, 0.1) is 0 Å². The third kappa shape index (κ3) is 5.38. The molecule has 2 aromatic rings. The van der Waals surface area contributed by atoms with Crippen molar-refractivity contribution < 1.29 is 13.2 Å². The highest BCUT2D eigenvalue weighted by atomic mass is 35.5. The molecule has 2 heterocycles. The first-order valence-corrected chi connectivity index (χ1v) is 13.3. The molecule has 0 spiro atoms. The fraction of sp³-hybridized carbons (Fsp3) is 0.375. The van der Waals surface area contributed by atoms with Gasteiger partial charge in [0.15, 0.2) is 9.84 Å². The summed E-state index contributed by atoms with van der Waals surface area (Å²) in [5.74, 6) is 0.0407. The molecule has 9 heteroatoms. The zero-order valence-corrected chi connectivity index (χ0v) is 20.8. The Kier molecular flexibility index (Phi) is 7.05. The number of halogens is 2. The maximum absolute atomic E-state index is 12.9. The van der Waals surface area contributed by atoms with Crippen molar-refractivity contribution in [3.63, 3.8) is 0 Å². The fourth-order valence-corrected chi connectivity index (χ4v) is 6.50. The number of amides is 2. The molecule has 6 nitrogen and oxygen atoms in total. The number of carbonyl (C=O) groups excluding carboxylic acids is 1. The summed E-state index contributed by atoms with van der Waals surface area (Å²) in [6.45, 7) is 1.80. The van der Waals surface area contributed by atoms with Crippen molar-refractivity contribution in [3.05, 3.63) is 69.7 Å². The first-order valence-electron chi connectivity index (χ1n) is 10.9. The molecule has 0 aliphatic carbocycles. The molecule has 3 unspecified atom stereocenters. The van der Waals surface area contributed by atoms with Gasteiger partial charge in [0.2, 0.25) is 0 Å². The number of fused-ring (bicyclic) bond motifs is 2. The number of nitrogens with one attached hydrogen (secondary N) is 2. The highest BCUT2D eigenvalue weighted by Crippen LogP contribution is 2.34. The van der Waals surface area contributed by atoms with Gasteiger partial charge in [0.25, 0.3) is 0 Å². The minimum atomic E-state index is -3.45. The van der Waals surface area contributed by atoms with E-state index in [0.717, 1.165) is 24.8 Å². The summed E-state index contributed by atoms with van der Waals surface area (Å²) in [6.07, 6.45) is 5.14. The van der Waals surface area contributed by atoms with Crippen LogP contribution in [0.15, 0.2) is 59.0 Å². The predicted molar refractivity (Wildman–Crippen MR) is 133 cm³/mol. The SMILES string of the molecule is CC(NC(=O)Nc1ccc(S(=O)(=O)CC2=CC3CCC(C2)N3C)cc1)c1cccc(Cl)c1Cl. The van der Waals surface area contributed by atoms with Gasteiger partial charge in [0.05, 0.1) is 26.7 Å². The van der Waals surface area contributed by atoms with E-state index in [9.17, 15) is 13.2 Å². The van der Waals surface area contributed by atoms with E-state index in [2.05, 4.69) is 28.7 Å². The lowest BCUT2D eigenvalue weighted by Crippen LogP contribution is -2.35. The van der Waals surface area contributed by atoms with Crippen LogP contribution in [0.25, 0.3) is 0 Å². The van der Waals surface area contributed by atoms with E-state index >= 15 is 0 Å². The molecule has 0 saturated carbocycles. The highest BCUT2D eigenvalue weighted by Gasteiger charge is 2.34. The Bertz CT molecular complexity index is 1180. The molecular weight excluding hydrogens is 481 g/mol. The number of likely N-dealkylation sites (N-methyl/N-ethyl adjacent to an activating group) is 1. The topological polar surface area (TPSA) is 78.5 Å². The standard InChI is InChI=1S/C24H27Cl2N3O3S/c1-15(21-4-3-5-22(25)23(21)26)27-24(30)28-17-6-10-20(11-7-17)33(31,32)14-16-12-18-8-9-19(13-16)29(18)2/h3-7,10-12,15,18-19H,8-9,13-14H2,1-2H3,(H2,27,28,30). The maximum Gasteiger partial charge on any atom is 0.319 e. The van der Waals surface area contributed by atoms with Gasteiger partial charge in [0.1, 0.15) is 0 Å². The second-order valence-electron chi connectivity index (χ2n) is 8.74. The summed E-state index contributed by atoms with van der Waals surface area (Å²) >= 11 is 12.3. The molecule has 33 heavy (non-hydrogen) atoms. The lowest BCUT2D eigenvalue weighted by atomic mass is 10.0. The quantitative estimate of drug-likeness (QED) is 0.510. The predicted octanol–water partition coefficient (Wildman–Crippen LogP) is 5.44. The van der Waals surface area contributed by atoms with E-state index in [1.165, 1.54) is 12.1 Å². The zero-order chi connectivity index (χ0) is 23.8. The van der Waals surface area contributed by atoms with E-state index in [-0.39, 0.29) is 16.7 Å². The smallest absolute Gasteiger partial charge is 0.319 e. The van der Waals surface area contributed by atoms with Crippen molar-refractivity contribution in [2.45, 2.75) is 49.2 Å². The fourth-order valence-electron chi connectivity index (χ4n) is 4.61. The number of carbonyl (C=O) groups is 1. The molecule has 2 aliphatic heterocycles. The molecule has 2 bridgehead atoms. The minimum Gasteiger partial charge on any atom is -0.331 e. The number of hydrogen-bond acceptors (Lipinski definition) is 4. The van der Waals surface area contributed by atoms with Crippen LogP contribution < -0.4 is 10.6 Å². The molecule has 1 saturated heterocycles. The summed E-state index contributed by atoms with van der Waals surface area (Å²) in [4.78, 5) is 15.0. The van der Waals surface area contributed by atoms with Crippen molar-refractivity contribution in [1.29, 1.82) is 0 Å². The van der Waals surface area contributed by atoms with Gasteiger partial charge < -0.3 is 10.6 Å². The van der Waals surface area contributed by atoms with Crippen molar-refractivity contribution in [3.8, 4) is 0 Å². The zero-order valence-electron chi connectivity index (χ0n) is 18.5. The number of nitrogens with zero attached hydrogens (tertiary/aromatic N) is 1. The van der Waals surface area contributed by atoms with Crippen LogP contribution in [0.2, 0.25) is 10.0 Å². The van der Waals surface area contributed by atoms with Gasteiger partial charge in [0, 0.05) is 17.8 Å². The first kappa shape index (κ1) is 24.1. The molecule has 3 atom stereocenters. The van der Waals surface area contributed by atoms with Crippen molar-refractivity contribution >= 4 is 44.8 Å². The Morgan fingerprint density at radius 1 is 1.15 bits per heavy atom. The Balaban J connectivity index is 1.37. The van der Waals surface area contributed by atoms with E-state index in [1.807, 2.05) is 0 Å². The van der Waals surface area contributed by atoms with Gasteiger partial charge in [-0.3, -0.25) is 4.90 Å². The molecule has 4 rings (SSSR count). The molecular formula is C24H27Cl2N3O3S. The second kappa shape index (κ2) is 9.66. The summed E-state index contributed by atoms with van der Waals surface area (Å²) in [5, 5.41) is 6.35. The van der Waals surface area contributed by atoms with Crippen LogP contribution in [0.4, 0.5) is 10.5 Å². The lowest BCUT2D eigenvalue weighted by molar-refractivity contribution is 0.249. The van der Waals surface area contributed by atoms with Gasteiger partial charge in [-0.1, -0.05) is 47.0 Å². The van der Waals surface area contributed by atoms with Crippen LogP contribution in [-0.4, -0.2) is 44.2 Å². The second-order valence-corrected chi connectivity index (χ2v) is 11.5. The van der Waals surface area contributed by atoms with Crippen molar-refractivity contribution in [1.82, 2.24) is 10.2 Å². The third-order valence-corrected chi connectivity index (χ3v) is 9.04. The number of sulfone groups is 1. The molecule has 2 N–H and O–H groups in total. The van der Waals surface area contributed by atoms with E-state index in [0.29, 0.717) is 33.4 Å². The molecule has 2 aromatic carbocycles. The molecule has 2 aliphatic rings. The van der Waals surface area contributed by atoms with Crippen LogP contribution in [0.5, 0.6) is 0 Å². The van der Waals surface area contributed by atoms with Gasteiger partial charge in [-0.25, -0.2) is 13.2 Å². The Labute approximate surface area is 204 Å². The first-order chi connectivity index (χ1) is 15.6. The van der Waals surface area contributed by atoms with Gasteiger partial charge in [-0.2, -0.15) is 0 Å². The molecule has 2 amide bonds. The van der Waals surface area contributed by atoms with E-state index in [4.69, 9.17) is 23.2 Å². The number of benzene rings is 2. The average Bonchev–Trinajstić information content (AvgIpc) is 2.96. The molecule has 0 radical (unpaired) electrons. The summed E-state index contributed by atoms with van der Waals surface area (Å²) < 4.78 is 25.9. The Morgan fingerprint density at radius 2 is 1.88 bits per heavy atom. The molecule has 1 fully saturated rings. The molecule has 176 valence electrons. The van der Waals surface area contributed by atoms with E-state index in [1.54, 1.807) is 37.3 Å². The largest absolute Gasteiger partial charge is 0.331 e. The van der Waals surface area contributed by atoms with Gasteiger partial charge >= 0.3 is 6.03 Å². The van der Waals surface area contributed by atoms with Crippen molar-refractivity contribution in [2.75, 3.05) is 18.1 Å². The summed E-state index contributed by atoms with van der Waals surface area (Å²) in [6, 6.07) is 11.5. The highest BCUT2D eigenvalue weighted by molar-refractivity contribution is 7.91. The van der Waals surface area contributed by atoms with E-state index < -0.39 is 15.9 Å². The monoisotopic (exact) mass is 507 g/mol. The lowest BCUT2D eigenvalue weighted by Gasteiger charge is -2.30. The van der Waals surface area contributed by atoms with Crippen LogP contribution in [0.1, 0.15) is 37.8 Å². The van der Waals surface area contributed by atoms with Crippen LogP contribution >= 0.6 is 23.2 Å². The normalized spacial score (nSPS) is 21.4. The Hall–Kier alpha value is -2.06. The van der Waals surface area contributed by atoms with Gasteiger partial charge in [-0.15, -0.1) is 0 Å². The number of rotatable bonds is 6. The minimum absolute atomic E-state index is 0.0407. The number of urea groups is 1. The number of anilines is 1.